The number of hydrogen-bond donors (Lipinski definition) is 0. The van der Waals surface area contributed by atoms with Crippen LogP contribution < -0.4 is 0 Å². The summed E-state index contributed by atoms with van der Waals surface area (Å²) in [6.07, 6.45) is 0. The molecule has 2 unspecified atom stereocenters. The number of likely N-dealkylation sites (tertiary alicyclic amines) is 1. The van der Waals surface area contributed by atoms with Crippen LogP contribution >= 0.6 is 0 Å². The lowest BCUT2D eigenvalue weighted by Crippen LogP contribution is -2.24. The smallest absolute Gasteiger partial charge is 0.310 e. The fourth-order valence-corrected chi connectivity index (χ4v) is 2.61. The van der Waals surface area contributed by atoms with Crippen LogP contribution in [-0.2, 0) is 16.1 Å². The maximum atomic E-state index is 13.1. The highest BCUT2D eigenvalue weighted by Gasteiger charge is 2.35. The molecule has 0 saturated carbocycles. The van der Waals surface area contributed by atoms with E-state index >= 15 is 0 Å². The first-order chi connectivity index (χ1) is 8.99. The Morgan fingerprint density at radius 3 is 2.53 bits per heavy atom. The molecule has 0 aromatic heterocycles. The molecule has 1 aromatic carbocycles. The van der Waals surface area contributed by atoms with E-state index in [2.05, 4.69) is 0 Å². The third-order valence-electron chi connectivity index (χ3n) is 3.52. The molecular formula is C14H17F2NO2. The van der Waals surface area contributed by atoms with Gasteiger partial charge in [-0.25, -0.2) is 8.78 Å². The van der Waals surface area contributed by atoms with Crippen LogP contribution in [0.2, 0.25) is 0 Å². The number of carbonyl (C=O) groups excluding carboxylic acids is 1. The lowest BCUT2D eigenvalue weighted by atomic mass is 9.99. The second-order valence-electron chi connectivity index (χ2n) is 5.08. The van der Waals surface area contributed by atoms with E-state index in [1.807, 2.05) is 11.8 Å². The Balaban J connectivity index is 2.03. The zero-order valence-electron chi connectivity index (χ0n) is 11.0. The second-order valence-corrected chi connectivity index (χ2v) is 5.08. The van der Waals surface area contributed by atoms with Gasteiger partial charge in [-0.3, -0.25) is 9.69 Å². The van der Waals surface area contributed by atoms with Crippen LogP contribution in [0.4, 0.5) is 8.78 Å². The summed E-state index contributed by atoms with van der Waals surface area (Å²) in [6, 6.07) is 3.49. The minimum Gasteiger partial charge on any atom is -0.469 e. The molecule has 0 bridgehead atoms. The van der Waals surface area contributed by atoms with Gasteiger partial charge in [-0.05, 0) is 23.6 Å². The third-order valence-corrected chi connectivity index (χ3v) is 3.52. The van der Waals surface area contributed by atoms with Crippen molar-refractivity contribution in [3.8, 4) is 0 Å². The summed E-state index contributed by atoms with van der Waals surface area (Å²) in [4.78, 5) is 13.6. The Kier molecular flexibility index (Phi) is 4.14. The van der Waals surface area contributed by atoms with Crippen LogP contribution in [-0.4, -0.2) is 31.1 Å². The molecule has 5 heteroatoms. The van der Waals surface area contributed by atoms with E-state index in [0.29, 0.717) is 18.7 Å². The van der Waals surface area contributed by atoms with E-state index in [0.717, 1.165) is 12.6 Å². The Hall–Kier alpha value is -1.49. The average molecular weight is 269 g/mol. The van der Waals surface area contributed by atoms with Crippen LogP contribution in [0.5, 0.6) is 0 Å². The van der Waals surface area contributed by atoms with E-state index in [1.165, 1.54) is 19.2 Å². The molecule has 3 nitrogen and oxygen atoms in total. The summed E-state index contributed by atoms with van der Waals surface area (Å²) < 4.78 is 31.0. The molecule has 0 spiro atoms. The molecule has 0 N–H and O–H groups in total. The number of rotatable bonds is 3. The van der Waals surface area contributed by atoms with Crippen molar-refractivity contribution in [3.63, 3.8) is 0 Å². The van der Waals surface area contributed by atoms with Gasteiger partial charge in [0.15, 0.2) is 0 Å². The second kappa shape index (κ2) is 5.65. The van der Waals surface area contributed by atoms with E-state index in [-0.39, 0.29) is 17.8 Å². The average Bonchev–Trinajstić information content (AvgIpc) is 2.68. The van der Waals surface area contributed by atoms with Gasteiger partial charge in [-0.2, -0.15) is 0 Å². The van der Waals surface area contributed by atoms with E-state index in [9.17, 15) is 13.6 Å². The largest absolute Gasteiger partial charge is 0.469 e. The first-order valence-electron chi connectivity index (χ1n) is 6.24. The number of methoxy groups -OCH3 is 1. The van der Waals surface area contributed by atoms with Crippen LogP contribution in [0.15, 0.2) is 18.2 Å². The molecule has 2 atom stereocenters. The molecule has 1 fully saturated rings. The first kappa shape index (κ1) is 13.9. The summed E-state index contributed by atoms with van der Waals surface area (Å²) in [7, 11) is 1.37. The number of nitrogens with zero attached hydrogens (tertiary/aromatic N) is 1. The van der Waals surface area contributed by atoms with Gasteiger partial charge in [-0.15, -0.1) is 0 Å². The molecule has 1 saturated heterocycles. The highest BCUT2D eigenvalue weighted by molar-refractivity contribution is 5.73. The third kappa shape index (κ3) is 3.29. The fourth-order valence-electron chi connectivity index (χ4n) is 2.61. The Morgan fingerprint density at radius 2 is 1.95 bits per heavy atom. The van der Waals surface area contributed by atoms with Crippen molar-refractivity contribution in [2.45, 2.75) is 13.5 Å². The zero-order valence-corrected chi connectivity index (χ0v) is 11.0. The lowest BCUT2D eigenvalue weighted by molar-refractivity contribution is -0.146. The van der Waals surface area contributed by atoms with Crippen molar-refractivity contribution >= 4 is 5.97 Å². The number of ether oxygens (including phenoxy) is 1. The lowest BCUT2D eigenvalue weighted by Gasteiger charge is -2.15. The number of esters is 1. The Bertz CT molecular complexity index is 458. The molecule has 1 aromatic rings. The van der Waals surface area contributed by atoms with Crippen LogP contribution in [0.3, 0.4) is 0 Å². The van der Waals surface area contributed by atoms with Gasteiger partial charge in [0.1, 0.15) is 11.6 Å². The SMILES string of the molecule is COC(=O)C1CN(Cc2cc(F)cc(F)c2)CC1C. The van der Waals surface area contributed by atoms with Gasteiger partial charge >= 0.3 is 5.97 Å². The van der Waals surface area contributed by atoms with Gasteiger partial charge < -0.3 is 4.74 Å². The van der Waals surface area contributed by atoms with E-state index < -0.39 is 11.6 Å². The molecule has 2 rings (SSSR count). The number of hydrogen-bond acceptors (Lipinski definition) is 3. The summed E-state index contributed by atoms with van der Waals surface area (Å²) in [5.74, 6) is -1.35. The maximum absolute atomic E-state index is 13.1. The van der Waals surface area contributed by atoms with Gasteiger partial charge in [0, 0.05) is 25.7 Å². The van der Waals surface area contributed by atoms with Crippen molar-refractivity contribution in [1.82, 2.24) is 4.90 Å². The fraction of sp³-hybridized carbons (Fsp3) is 0.500. The predicted octanol–water partition coefficient (Wildman–Crippen LogP) is 2.21. The normalized spacial score (nSPS) is 23.6. The van der Waals surface area contributed by atoms with Crippen LogP contribution in [0, 0.1) is 23.5 Å². The molecule has 104 valence electrons. The van der Waals surface area contributed by atoms with Crippen molar-refractivity contribution in [1.29, 1.82) is 0 Å². The van der Waals surface area contributed by atoms with E-state index in [1.54, 1.807) is 0 Å². The highest BCUT2D eigenvalue weighted by Crippen LogP contribution is 2.25. The van der Waals surface area contributed by atoms with Crippen molar-refractivity contribution in [2.75, 3.05) is 20.2 Å². The number of halogens is 2. The summed E-state index contributed by atoms with van der Waals surface area (Å²) >= 11 is 0. The molecule has 1 aliphatic rings. The Morgan fingerprint density at radius 1 is 1.32 bits per heavy atom. The monoisotopic (exact) mass is 269 g/mol. The molecule has 1 heterocycles. The molecule has 0 aliphatic carbocycles. The molecule has 0 amide bonds. The maximum Gasteiger partial charge on any atom is 0.310 e. The van der Waals surface area contributed by atoms with Crippen LogP contribution in [0.25, 0.3) is 0 Å². The van der Waals surface area contributed by atoms with Crippen LogP contribution in [0.1, 0.15) is 12.5 Å². The molecule has 1 aliphatic heterocycles. The van der Waals surface area contributed by atoms with Gasteiger partial charge in [0.2, 0.25) is 0 Å². The Labute approximate surface area is 111 Å². The summed E-state index contributed by atoms with van der Waals surface area (Å²) in [5.41, 5.74) is 0.579. The molecular weight excluding hydrogens is 252 g/mol. The topological polar surface area (TPSA) is 29.5 Å². The zero-order chi connectivity index (χ0) is 14.0. The van der Waals surface area contributed by atoms with Crippen molar-refractivity contribution in [2.24, 2.45) is 11.8 Å². The highest BCUT2D eigenvalue weighted by atomic mass is 19.1. The first-order valence-corrected chi connectivity index (χ1v) is 6.24. The van der Waals surface area contributed by atoms with Crippen molar-refractivity contribution < 1.29 is 18.3 Å². The van der Waals surface area contributed by atoms with Gasteiger partial charge in [0.05, 0.1) is 13.0 Å². The number of carbonyl (C=O) groups is 1. The van der Waals surface area contributed by atoms with Gasteiger partial charge in [0.25, 0.3) is 0 Å². The number of benzene rings is 1. The summed E-state index contributed by atoms with van der Waals surface area (Å²) in [6.45, 7) is 3.70. The standard InChI is InChI=1S/C14H17F2NO2/c1-9-6-17(8-13(9)14(18)19-2)7-10-3-11(15)5-12(16)4-10/h3-5,9,13H,6-8H2,1-2H3. The minimum atomic E-state index is -0.577. The van der Waals surface area contributed by atoms with Crippen molar-refractivity contribution in [3.05, 3.63) is 35.4 Å². The van der Waals surface area contributed by atoms with Gasteiger partial charge in [-0.1, -0.05) is 6.92 Å². The minimum absolute atomic E-state index is 0.164. The predicted molar refractivity (Wildman–Crippen MR) is 66.3 cm³/mol. The molecule has 19 heavy (non-hydrogen) atoms. The summed E-state index contributed by atoms with van der Waals surface area (Å²) in [5, 5.41) is 0. The molecule has 0 radical (unpaired) electrons. The van der Waals surface area contributed by atoms with E-state index in [4.69, 9.17) is 4.74 Å². The quantitative estimate of drug-likeness (QED) is 0.788.